The van der Waals surface area contributed by atoms with Gasteiger partial charge in [0.05, 0.1) is 17.9 Å². The second-order valence-electron chi connectivity index (χ2n) is 10.8. The van der Waals surface area contributed by atoms with E-state index in [4.69, 9.17) is 10.5 Å². The molecule has 1 aromatic carbocycles. The highest BCUT2D eigenvalue weighted by Gasteiger charge is 2.55. The van der Waals surface area contributed by atoms with Crippen LogP contribution in [0.25, 0.3) is 0 Å². The molecule has 1 aromatic rings. The summed E-state index contributed by atoms with van der Waals surface area (Å²) in [4.78, 5) is 44.9. The Balaban J connectivity index is 1.68. The molecule has 37 heavy (non-hydrogen) atoms. The van der Waals surface area contributed by atoms with Crippen LogP contribution in [-0.2, 0) is 14.3 Å². The van der Waals surface area contributed by atoms with E-state index in [-0.39, 0.29) is 30.4 Å². The normalized spacial score (nSPS) is 25.3. The van der Waals surface area contributed by atoms with Crippen LogP contribution in [-0.4, -0.2) is 91.8 Å². The summed E-state index contributed by atoms with van der Waals surface area (Å²) < 4.78 is 33.0. The van der Waals surface area contributed by atoms with Crippen LogP contribution in [0.1, 0.15) is 55.5 Å². The van der Waals surface area contributed by atoms with Gasteiger partial charge in [0.15, 0.2) is 5.78 Å². The minimum Gasteiger partial charge on any atom is -0.369 e. The third-order valence-corrected chi connectivity index (χ3v) is 7.79. The zero-order valence-electron chi connectivity index (χ0n) is 21.9. The van der Waals surface area contributed by atoms with E-state index in [0.29, 0.717) is 12.0 Å². The zero-order valence-corrected chi connectivity index (χ0v) is 21.9. The molecule has 0 radical (unpaired) electrons. The molecule has 4 atom stereocenters. The van der Waals surface area contributed by atoms with Gasteiger partial charge in [-0.05, 0) is 49.1 Å². The number of piperazine rings is 1. The minimum absolute atomic E-state index is 0.0655. The van der Waals surface area contributed by atoms with Gasteiger partial charge in [0.2, 0.25) is 18.2 Å². The molecule has 4 rings (SSSR count). The maximum absolute atomic E-state index is 14.0. The SMILES string of the molecule is CCCN1CCN(c2ccc(C(N)=O)c([C@H](CC(C)C)C(=O)N3C[C@H](C(F)F)[C@H]4OCC(=O)[C@H]43)c2)CC1. The van der Waals surface area contributed by atoms with Crippen LogP contribution < -0.4 is 10.6 Å². The number of anilines is 1. The molecule has 204 valence electrons. The molecule has 0 aromatic heterocycles. The van der Waals surface area contributed by atoms with E-state index in [9.17, 15) is 23.2 Å². The molecule has 3 saturated heterocycles. The molecule has 2 N–H and O–H groups in total. The van der Waals surface area contributed by atoms with E-state index in [0.717, 1.165) is 44.8 Å². The number of fused-ring (bicyclic) bond motifs is 1. The smallest absolute Gasteiger partial charge is 0.249 e. The number of likely N-dealkylation sites (tertiary alicyclic amines) is 1. The molecule has 0 aliphatic carbocycles. The molecule has 10 heteroatoms. The Morgan fingerprint density at radius 3 is 2.46 bits per heavy atom. The van der Waals surface area contributed by atoms with E-state index in [1.165, 1.54) is 4.90 Å². The number of alkyl halides is 2. The number of rotatable bonds is 9. The summed E-state index contributed by atoms with van der Waals surface area (Å²) in [5, 5.41) is 0. The highest BCUT2D eigenvalue weighted by atomic mass is 19.3. The summed E-state index contributed by atoms with van der Waals surface area (Å²) >= 11 is 0. The molecule has 3 fully saturated rings. The first-order chi connectivity index (χ1) is 17.6. The average Bonchev–Trinajstić information content (AvgIpc) is 3.43. The van der Waals surface area contributed by atoms with Crippen molar-refractivity contribution >= 4 is 23.3 Å². The van der Waals surface area contributed by atoms with Crippen LogP contribution >= 0.6 is 0 Å². The van der Waals surface area contributed by atoms with E-state index in [2.05, 4.69) is 16.7 Å². The molecule has 0 bridgehead atoms. The number of halogens is 2. The van der Waals surface area contributed by atoms with Crippen LogP contribution in [0.5, 0.6) is 0 Å². The molecule has 3 aliphatic heterocycles. The lowest BCUT2D eigenvalue weighted by molar-refractivity contribution is -0.138. The molecule has 0 unspecified atom stereocenters. The second-order valence-corrected chi connectivity index (χ2v) is 10.8. The van der Waals surface area contributed by atoms with Crippen molar-refractivity contribution in [2.75, 3.05) is 50.8 Å². The number of hydrogen-bond acceptors (Lipinski definition) is 6. The Morgan fingerprint density at radius 2 is 1.86 bits per heavy atom. The van der Waals surface area contributed by atoms with Gasteiger partial charge in [0.1, 0.15) is 12.6 Å². The first-order valence-electron chi connectivity index (χ1n) is 13.3. The molecule has 3 heterocycles. The molecular formula is C27H38F2N4O4. The van der Waals surface area contributed by atoms with Crippen molar-refractivity contribution in [2.45, 2.75) is 58.1 Å². The molecule has 0 saturated carbocycles. The third-order valence-electron chi connectivity index (χ3n) is 7.79. The maximum Gasteiger partial charge on any atom is 0.249 e. The number of nitrogens with two attached hydrogens (primary N) is 1. The number of benzene rings is 1. The fourth-order valence-corrected chi connectivity index (χ4v) is 5.98. The number of carbonyl (C=O) groups excluding carboxylic acids is 3. The number of ether oxygens (including phenoxy) is 1. The quantitative estimate of drug-likeness (QED) is 0.538. The van der Waals surface area contributed by atoms with Gasteiger partial charge in [-0.2, -0.15) is 0 Å². The largest absolute Gasteiger partial charge is 0.369 e. The third kappa shape index (κ3) is 5.65. The van der Waals surface area contributed by atoms with Crippen LogP contribution in [0, 0.1) is 11.8 Å². The van der Waals surface area contributed by atoms with Crippen molar-refractivity contribution in [3.05, 3.63) is 29.3 Å². The Hall–Kier alpha value is -2.59. The van der Waals surface area contributed by atoms with E-state index >= 15 is 0 Å². The fraction of sp³-hybridized carbons (Fsp3) is 0.667. The molecule has 8 nitrogen and oxygen atoms in total. The number of ketones is 1. The van der Waals surface area contributed by atoms with Crippen molar-refractivity contribution in [1.82, 2.24) is 9.80 Å². The molecule has 2 amide bonds. The van der Waals surface area contributed by atoms with Crippen molar-refractivity contribution in [3.63, 3.8) is 0 Å². The van der Waals surface area contributed by atoms with Gasteiger partial charge in [0, 0.05) is 44.0 Å². The summed E-state index contributed by atoms with van der Waals surface area (Å²) in [5.41, 5.74) is 7.35. The van der Waals surface area contributed by atoms with Gasteiger partial charge >= 0.3 is 0 Å². The monoisotopic (exact) mass is 520 g/mol. The molecule has 0 spiro atoms. The Morgan fingerprint density at radius 1 is 1.16 bits per heavy atom. The van der Waals surface area contributed by atoms with Gasteiger partial charge < -0.3 is 20.3 Å². The van der Waals surface area contributed by atoms with Crippen LogP contribution in [0.2, 0.25) is 0 Å². The summed E-state index contributed by atoms with van der Waals surface area (Å²) in [6.07, 6.45) is -2.24. The number of Topliss-reactive ketones (excluding diaryl/α,β-unsaturated/α-hetero) is 1. The Kier molecular flexibility index (Phi) is 8.48. The van der Waals surface area contributed by atoms with Crippen molar-refractivity contribution in [3.8, 4) is 0 Å². The first kappa shape index (κ1) is 27.4. The number of primary amides is 1. The van der Waals surface area contributed by atoms with Gasteiger partial charge in [-0.25, -0.2) is 8.78 Å². The van der Waals surface area contributed by atoms with E-state index in [1.54, 1.807) is 6.07 Å². The number of amides is 2. The van der Waals surface area contributed by atoms with E-state index < -0.39 is 42.2 Å². The number of nitrogens with zero attached hydrogens (tertiary/aromatic N) is 3. The highest BCUT2D eigenvalue weighted by molar-refractivity contribution is 5.99. The predicted molar refractivity (Wildman–Crippen MR) is 136 cm³/mol. The fourth-order valence-electron chi connectivity index (χ4n) is 5.98. The standard InChI is InChI=1S/C27H38F2N4O4/c1-4-7-31-8-10-32(11-9-31)17-5-6-18(26(30)35)19(13-17)20(12-16(2)3)27(36)33-14-21(25(28)29)24-23(33)22(34)15-37-24/h5-6,13,16,20-21,23-25H,4,7-12,14-15H2,1-3H3,(H2,30,35)/t20-,21-,23+,24+/m0/s1. The van der Waals surface area contributed by atoms with Gasteiger partial charge in [-0.1, -0.05) is 20.8 Å². The second kappa shape index (κ2) is 11.4. The topological polar surface area (TPSA) is 96.2 Å². The van der Waals surface area contributed by atoms with Crippen molar-refractivity contribution < 1.29 is 27.9 Å². The first-order valence-corrected chi connectivity index (χ1v) is 13.3. The van der Waals surface area contributed by atoms with Crippen LogP contribution in [0.4, 0.5) is 14.5 Å². The van der Waals surface area contributed by atoms with Gasteiger partial charge in [0.25, 0.3) is 0 Å². The van der Waals surface area contributed by atoms with Crippen LogP contribution in [0.15, 0.2) is 18.2 Å². The highest BCUT2D eigenvalue weighted by Crippen LogP contribution is 2.39. The zero-order chi connectivity index (χ0) is 26.9. The van der Waals surface area contributed by atoms with Crippen molar-refractivity contribution in [1.29, 1.82) is 0 Å². The predicted octanol–water partition coefficient (Wildman–Crippen LogP) is 2.51. The number of carbonyl (C=O) groups is 3. The average molecular weight is 521 g/mol. The van der Waals surface area contributed by atoms with E-state index in [1.807, 2.05) is 26.0 Å². The molecular weight excluding hydrogens is 482 g/mol. The van der Waals surface area contributed by atoms with Gasteiger partial charge in [-0.15, -0.1) is 0 Å². The summed E-state index contributed by atoms with van der Waals surface area (Å²) in [5.74, 6) is -3.40. The Labute approximate surface area is 217 Å². The lowest BCUT2D eigenvalue weighted by Crippen LogP contribution is -2.46. The lowest BCUT2D eigenvalue weighted by atomic mass is 9.85. The lowest BCUT2D eigenvalue weighted by Gasteiger charge is -2.36. The number of hydrogen-bond donors (Lipinski definition) is 1. The molecule has 3 aliphatic rings. The van der Waals surface area contributed by atoms with Gasteiger partial charge in [-0.3, -0.25) is 19.3 Å². The van der Waals surface area contributed by atoms with Crippen LogP contribution in [0.3, 0.4) is 0 Å². The summed E-state index contributed by atoms with van der Waals surface area (Å²) in [6.45, 7) is 10.1. The summed E-state index contributed by atoms with van der Waals surface area (Å²) in [6, 6.07) is 4.34. The minimum atomic E-state index is -2.71. The van der Waals surface area contributed by atoms with Crippen molar-refractivity contribution in [2.24, 2.45) is 17.6 Å². The maximum atomic E-state index is 14.0. The summed E-state index contributed by atoms with van der Waals surface area (Å²) in [7, 11) is 0. The Bertz CT molecular complexity index is 1010.